The largest absolute Gasteiger partial charge is 0.457 e. The number of hydrogen-bond acceptors (Lipinski definition) is 4. The Balaban J connectivity index is 2.22. The maximum atomic E-state index is 11.7. The Bertz CT molecular complexity index is 298. The van der Waals surface area contributed by atoms with Gasteiger partial charge in [0, 0.05) is 7.05 Å². The summed E-state index contributed by atoms with van der Waals surface area (Å²) in [4.78, 5) is 16.3. The molecule has 84 valence electrons. The molecule has 0 aromatic heterocycles. The van der Waals surface area contributed by atoms with E-state index < -0.39 is 6.10 Å². The summed E-state index contributed by atoms with van der Waals surface area (Å²) in [5.41, 5.74) is -0.265. The summed E-state index contributed by atoms with van der Waals surface area (Å²) in [5, 5.41) is 3.31. The molecular formula is C10H16N2O2S. The second-order valence-corrected chi connectivity index (χ2v) is 4.76. The number of aliphatic imine (C=N–C) groups is 1. The lowest BCUT2D eigenvalue weighted by Gasteiger charge is -2.24. The number of amides is 1. The molecule has 1 heterocycles. The molecule has 4 nitrogen and oxygen atoms in total. The smallest absolute Gasteiger partial charge is 0.263 e. The predicted molar refractivity (Wildman–Crippen MR) is 61.1 cm³/mol. The molecule has 1 N–H and O–H groups in total. The van der Waals surface area contributed by atoms with E-state index in [0.717, 1.165) is 25.7 Å². The minimum absolute atomic E-state index is 0.0512. The number of likely N-dealkylation sites (N-methyl/N-ethyl adjacent to an activating group) is 1. The zero-order chi connectivity index (χ0) is 10.9. The maximum Gasteiger partial charge on any atom is 0.263 e. The van der Waals surface area contributed by atoms with Crippen molar-refractivity contribution in [2.45, 2.75) is 37.3 Å². The predicted octanol–water partition coefficient (Wildman–Crippen LogP) is 1.16. The van der Waals surface area contributed by atoms with Gasteiger partial charge >= 0.3 is 0 Å². The first-order valence-corrected chi connectivity index (χ1v) is 6.46. The normalized spacial score (nSPS) is 27.6. The third-order valence-corrected chi connectivity index (χ3v) is 3.69. The van der Waals surface area contributed by atoms with Crippen LogP contribution in [0.4, 0.5) is 0 Å². The number of nitrogens with one attached hydrogen (secondary N) is 1. The van der Waals surface area contributed by atoms with Gasteiger partial charge in [-0.15, -0.1) is 0 Å². The summed E-state index contributed by atoms with van der Waals surface area (Å²) in [5.74, 6) is -0.0512. The van der Waals surface area contributed by atoms with Gasteiger partial charge in [-0.1, -0.05) is 24.6 Å². The Morgan fingerprint density at radius 3 is 2.80 bits per heavy atom. The molecule has 1 spiro atoms. The Morgan fingerprint density at radius 1 is 1.60 bits per heavy atom. The lowest BCUT2D eigenvalue weighted by atomic mass is 9.91. The number of carbonyl (C=O) groups is 1. The molecule has 0 unspecified atom stereocenters. The second kappa shape index (κ2) is 4.04. The number of ether oxygens (including phenoxy) is 1. The van der Waals surface area contributed by atoms with Crippen molar-refractivity contribution in [3.8, 4) is 0 Å². The van der Waals surface area contributed by atoms with Gasteiger partial charge in [0.25, 0.3) is 5.91 Å². The topological polar surface area (TPSA) is 50.7 Å². The molecule has 1 amide bonds. The molecule has 1 aliphatic heterocycles. The van der Waals surface area contributed by atoms with E-state index in [9.17, 15) is 4.79 Å². The van der Waals surface area contributed by atoms with Crippen LogP contribution < -0.4 is 5.32 Å². The molecule has 15 heavy (non-hydrogen) atoms. The van der Waals surface area contributed by atoms with Crippen molar-refractivity contribution in [2.24, 2.45) is 4.99 Å². The molecule has 5 heteroatoms. The Morgan fingerprint density at radius 2 is 2.27 bits per heavy atom. The molecule has 1 fully saturated rings. The van der Waals surface area contributed by atoms with Crippen LogP contribution in [-0.2, 0) is 9.53 Å². The molecule has 0 bridgehead atoms. The summed E-state index contributed by atoms with van der Waals surface area (Å²) in [6.07, 6.45) is 5.73. The fourth-order valence-electron chi connectivity index (χ4n) is 2.36. The molecule has 0 aromatic rings. The van der Waals surface area contributed by atoms with Crippen LogP contribution in [0, 0.1) is 0 Å². The molecule has 0 saturated heterocycles. The van der Waals surface area contributed by atoms with E-state index in [1.165, 1.54) is 11.8 Å². The first kappa shape index (κ1) is 10.8. The molecule has 1 aliphatic carbocycles. The minimum atomic E-state index is -0.410. The van der Waals surface area contributed by atoms with Gasteiger partial charge in [0.2, 0.25) is 11.3 Å². The van der Waals surface area contributed by atoms with Gasteiger partial charge in [-0.2, -0.15) is 0 Å². The first-order valence-electron chi connectivity index (χ1n) is 5.24. The van der Waals surface area contributed by atoms with E-state index in [2.05, 4.69) is 10.3 Å². The highest BCUT2D eigenvalue weighted by atomic mass is 32.2. The van der Waals surface area contributed by atoms with Crippen molar-refractivity contribution in [2.75, 3.05) is 13.3 Å². The highest BCUT2D eigenvalue weighted by Gasteiger charge is 2.51. The summed E-state index contributed by atoms with van der Waals surface area (Å²) in [6.45, 7) is 0. The van der Waals surface area contributed by atoms with Crippen LogP contribution in [0.1, 0.15) is 25.7 Å². The van der Waals surface area contributed by atoms with Crippen molar-refractivity contribution < 1.29 is 9.53 Å². The zero-order valence-electron chi connectivity index (χ0n) is 9.08. The molecule has 2 aliphatic rings. The highest BCUT2D eigenvalue weighted by molar-refractivity contribution is 8.12. The first-order chi connectivity index (χ1) is 7.22. The summed E-state index contributed by atoms with van der Waals surface area (Å²) < 4.78 is 5.60. The van der Waals surface area contributed by atoms with Gasteiger partial charge in [-0.25, -0.2) is 4.99 Å². The molecule has 1 atom stereocenters. The van der Waals surface area contributed by atoms with Crippen LogP contribution in [0.15, 0.2) is 4.99 Å². The van der Waals surface area contributed by atoms with Crippen LogP contribution >= 0.6 is 11.8 Å². The van der Waals surface area contributed by atoms with Gasteiger partial charge < -0.3 is 10.1 Å². The zero-order valence-corrected chi connectivity index (χ0v) is 9.89. The lowest BCUT2D eigenvalue weighted by Crippen LogP contribution is -2.46. The van der Waals surface area contributed by atoms with Crippen LogP contribution in [-0.4, -0.2) is 36.1 Å². The summed E-state index contributed by atoms with van der Waals surface area (Å²) >= 11 is 1.47. The summed E-state index contributed by atoms with van der Waals surface area (Å²) in [6, 6.07) is 0. The van der Waals surface area contributed by atoms with E-state index in [4.69, 9.17) is 4.74 Å². The fourth-order valence-corrected chi connectivity index (χ4v) is 2.83. The molecule has 2 rings (SSSR count). The van der Waals surface area contributed by atoms with E-state index in [-0.39, 0.29) is 11.4 Å². The Hall–Kier alpha value is -0.710. The second-order valence-electron chi connectivity index (χ2n) is 4.00. The van der Waals surface area contributed by atoms with E-state index in [1.54, 1.807) is 7.05 Å². The van der Waals surface area contributed by atoms with Crippen LogP contribution in [0.25, 0.3) is 0 Å². The third kappa shape index (κ3) is 1.73. The molecule has 1 saturated carbocycles. The Labute approximate surface area is 93.9 Å². The average Bonchev–Trinajstić information content (AvgIpc) is 2.86. The minimum Gasteiger partial charge on any atom is -0.457 e. The van der Waals surface area contributed by atoms with Gasteiger partial charge in [-0.05, 0) is 19.1 Å². The molecule has 0 radical (unpaired) electrons. The van der Waals surface area contributed by atoms with E-state index in [1.807, 2.05) is 6.26 Å². The van der Waals surface area contributed by atoms with Gasteiger partial charge in [0.05, 0.1) is 0 Å². The van der Waals surface area contributed by atoms with E-state index in [0.29, 0.717) is 5.23 Å². The maximum absolute atomic E-state index is 11.7. The summed E-state index contributed by atoms with van der Waals surface area (Å²) in [7, 11) is 1.64. The number of carbonyl (C=O) groups excluding carboxylic acids is 1. The number of hydrogen-bond donors (Lipinski definition) is 1. The SMILES string of the molecule is CNC(=O)[C@H]1OC(SC)=NC12CCCC2. The highest BCUT2D eigenvalue weighted by Crippen LogP contribution is 2.42. The van der Waals surface area contributed by atoms with Crippen LogP contribution in [0.2, 0.25) is 0 Å². The molecular weight excluding hydrogens is 212 g/mol. The Kier molecular flexibility index (Phi) is 2.91. The van der Waals surface area contributed by atoms with Crippen molar-refractivity contribution in [1.29, 1.82) is 0 Å². The van der Waals surface area contributed by atoms with Crippen molar-refractivity contribution >= 4 is 22.9 Å². The van der Waals surface area contributed by atoms with Crippen LogP contribution in [0.5, 0.6) is 0 Å². The average molecular weight is 228 g/mol. The van der Waals surface area contributed by atoms with Crippen LogP contribution in [0.3, 0.4) is 0 Å². The van der Waals surface area contributed by atoms with Crippen molar-refractivity contribution in [3.63, 3.8) is 0 Å². The van der Waals surface area contributed by atoms with Crippen molar-refractivity contribution in [1.82, 2.24) is 5.32 Å². The number of rotatable bonds is 1. The lowest BCUT2D eigenvalue weighted by molar-refractivity contribution is -0.129. The standard InChI is InChI=1S/C10H16N2O2S/c1-11-8(13)7-10(5-3-4-6-10)12-9(14-7)15-2/h7H,3-6H2,1-2H3,(H,11,13)/t7-/m1/s1. The quantitative estimate of drug-likeness (QED) is 0.733. The van der Waals surface area contributed by atoms with Gasteiger partial charge in [0.1, 0.15) is 5.54 Å². The molecule has 0 aromatic carbocycles. The third-order valence-electron chi connectivity index (χ3n) is 3.15. The van der Waals surface area contributed by atoms with Gasteiger partial charge in [0.15, 0.2) is 0 Å². The van der Waals surface area contributed by atoms with E-state index >= 15 is 0 Å². The number of nitrogens with zero attached hydrogens (tertiary/aromatic N) is 1. The van der Waals surface area contributed by atoms with Gasteiger partial charge in [-0.3, -0.25) is 4.79 Å². The monoisotopic (exact) mass is 228 g/mol. The number of thioether (sulfide) groups is 1. The van der Waals surface area contributed by atoms with Crippen molar-refractivity contribution in [3.05, 3.63) is 0 Å². The fraction of sp³-hybridized carbons (Fsp3) is 0.800.